The zero-order valence-electron chi connectivity index (χ0n) is 14.2. The van der Waals surface area contributed by atoms with Crippen molar-refractivity contribution in [3.05, 3.63) is 53.3 Å². The highest BCUT2D eigenvalue weighted by atomic mass is 32.2. The molecule has 2 heterocycles. The van der Waals surface area contributed by atoms with Crippen molar-refractivity contribution in [1.82, 2.24) is 9.47 Å². The highest BCUT2D eigenvalue weighted by Crippen LogP contribution is 2.20. The Kier molecular flexibility index (Phi) is 4.25. The van der Waals surface area contributed by atoms with Gasteiger partial charge >= 0.3 is 0 Å². The molecule has 1 aromatic carbocycles. The standard InChI is InChI=1S/C18H22N2O3S/c1-13-4-5-14(2)20(13)16-8-6-15(7-9-16)18(21)19(3)17-10-11-24(22,23)12-17/h4-9,17H,10-12H2,1-3H3. The smallest absolute Gasteiger partial charge is 0.253 e. The van der Waals surface area contributed by atoms with Gasteiger partial charge in [-0.25, -0.2) is 8.42 Å². The number of sulfone groups is 1. The van der Waals surface area contributed by atoms with Crippen LogP contribution in [0.2, 0.25) is 0 Å². The van der Waals surface area contributed by atoms with E-state index in [1.807, 2.05) is 26.0 Å². The molecule has 0 bridgehead atoms. The van der Waals surface area contributed by atoms with Crippen LogP contribution in [-0.4, -0.2) is 48.4 Å². The van der Waals surface area contributed by atoms with Crippen LogP contribution in [0.5, 0.6) is 0 Å². The molecule has 0 N–H and O–H groups in total. The van der Waals surface area contributed by atoms with Gasteiger partial charge in [0, 0.05) is 35.7 Å². The summed E-state index contributed by atoms with van der Waals surface area (Å²) in [7, 11) is -1.32. The summed E-state index contributed by atoms with van der Waals surface area (Å²) in [6.07, 6.45) is 0.518. The lowest BCUT2D eigenvalue weighted by Gasteiger charge is -2.23. The summed E-state index contributed by atoms with van der Waals surface area (Å²) in [6, 6.07) is 11.3. The van der Waals surface area contributed by atoms with Crippen LogP contribution in [0.4, 0.5) is 0 Å². The Hall–Kier alpha value is -2.08. The Balaban J connectivity index is 1.79. The fourth-order valence-electron chi connectivity index (χ4n) is 3.28. The molecule has 0 spiro atoms. The summed E-state index contributed by atoms with van der Waals surface area (Å²) < 4.78 is 25.3. The molecule has 1 aliphatic rings. The van der Waals surface area contributed by atoms with Gasteiger partial charge in [0.05, 0.1) is 11.5 Å². The maximum atomic E-state index is 12.6. The van der Waals surface area contributed by atoms with Gasteiger partial charge in [-0.3, -0.25) is 4.79 Å². The second-order valence-corrected chi connectivity index (χ2v) is 8.70. The molecule has 0 radical (unpaired) electrons. The van der Waals surface area contributed by atoms with Crippen LogP contribution in [0.3, 0.4) is 0 Å². The van der Waals surface area contributed by atoms with Crippen molar-refractivity contribution in [3.63, 3.8) is 0 Å². The van der Waals surface area contributed by atoms with E-state index in [1.54, 1.807) is 24.1 Å². The number of rotatable bonds is 3. The van der Waals surface area contributed by atoms with Crippen molar-refractivity contribution >= 4 is 15.7 Å². The van der Waals surface area contributed by atoms with E-state index in [9.17, 15) is 13.2 Å². The Labute approximate surface area is 142 Å². The average Bonchev–Trinajstić information content (AvgIpc) is 3.08. The van der Waals surface area contributed by atoms with Gasteiger partial charge in [-0.1, -0.05) is 0 Å². The maximum Gasteiger partial charge on any atom is 0.253 e. The van der Waals surface area contributed by atoms with Crippen LogP contribution >= 0.6 is 0 Å². The van der Waals surface area contributed by atoms with E-state index < -0.39 is 9.84 Å². The van der Waals surface area contributed by atoms with Crippen molar-refractivity contribution in [3.8, 4) is 5.69 Å². The van der Waals surface area contributed by atoms with E-state index in [-0.39, 0.29) is 23.5 Å². The maximum absolute atomic E-state index is 12.6. The largest absolute Gasteiger partial charge is 0.338 e. The number of amides is 1. The molecule has 1 saturated heterocycles. The molecule has 5 nitrogen and oxygen atoms in total. The Morgan fingerprint density at radius 3 is 2.17 bits per heavy atom. The Morgan fingerprint density at radius 1 is 1.08 bits per heavy atom. The molecule has 3 rings (SSSR count). The summed E-state index contributed by atoms with van der Waals surface area (Å²) in [6.45, 7) is 4.08. The molecule has 1 aliphatic heterocycles. The number of nitrogens with zero attached hydrogens (tertiary/aromatic N) is 2. The second-order valence-electron chi connectivity index (χ2n) is 6.47. The number of hydrogen-bond donors (Lipinski definition) is 0. The number of aryl methyl sites for hydroxylation is 2. The normalized spacial score (nSPS) is 19.4. The van der Waals surface area contributed by atoms with Crippen molar-refractivity contribution in [2.75, 3.05) is 18.6 Å². The molecule has 128 valence electrons. The minimum Gasteiger partial charge on any atom is -0.338 e. The fourth-order valence-corrected chi connectivity index (χ4v) is 5.05. The number of hydrogen-bond acceptors (Lipinski definition) is 3. The summed E-state index contributed by atoms with van der Waals surface area (Å²) in [5.41, 5.74) is 3.87. The molecule has 1 fully saturated rings. The first kappa shape index (κ1) is 16.8. The highest BCUT2D eigenvalue weighted by molar-refractivity contribution is 7.91. The highest BCUT2D eigenvalue weighted by Gasteiger charge is 2.33. The molecule has 0 aliphatic carbocycles. The van der Waals surface area contributed by atoms with E-state index in [2.05, 4.69) is 16.7 Å². The van der Waals surface area contributed by atoms with E-state index >= 15 is 0 Å². The first-order valence-electron chi connectivity index (χ1n) is 8.01. The average molecular weight is 346 g/mol. The van der Waals surface area contributed by atoms with Gasteiger partial charge in [0.2, 0.25) is 0 Å². The number of carbonyl (C=O) groups excluding carboxylic acids is 1. The number of carbonyl (C=O) groups is 1. The number of benzene rings is 1. The van der Waals surface area contributed by atoms with Crippen LogP contribution in [0.15, 0.2) is 36.4 Å². The summed E-state index contributed by atoms with van der Waals surface area (Å²) in [4.78, 5) is 14.2. The van der Waals surface area contributed by atoms with Crippen molar-refractivity contribution < 1.29 is 13.2 Å². The third-order valence-electron chi connectivity index (χ3n) is 4.72. The first-order valence-corrected chi connectivity index (χ1v) is 9.83. The second kappa shape index (κ2) is 6.09. The van der Waals surface area contributed by atoms with Crippen LogP contribution in [0.25, 0.3) is 5.69 Å². The third-order valence-corrected chi connectivity index (χ3v) is 6.47. The molecule has 1 atom stereocenters. The summed E-state index contributed by atoms with van der Waals surface area (Å²) in [5, 5.41) is 0. The molecule has 1 aromatic heterocycles. The van der Waals surface area contributed by atoms with Gasteiger partial charge in [-0.05, 0) is 56.7 Å². The lowest BCUT2D eigenvalue weighted by atomic mass is 10.1. The van der Waals surface area contributed by atoms with E-state index in [1.165, 1.54) is 0 Å². The quantitative estimate of drug-likeness (QED) is 0.857. The Morgan fingerprint density at radius 2 is 1.67 bits per heavy atom. The number of aromatic nitrogens is 1. The van der Waals surface area contributed by atoms with Crippen LogP contribution < -0.4 is 0 Å². The zero-order chi connectivity index (χ0) is 17.5. The van der Waals surface area contributed by atoms with Crippen LogP contribution in [0.1, 0.15) is 28.2 Å². The van der Waals surface area contributed by atoms with Crippen LogP contribution in [0, 0.1) is 13.8 Å². The van der Waals surface area contributed by atoms with Gasteiger partial charge in [-0.15, -0.1) is 0 Å². The van der Waals surface area contributed by atoms with Crippen molar-refractivity contribution in [2.45, 2.75) is 26.3 Å². The molecule has 2 aromatic rings. The lowest BCUT2D eigenvalue weighted by Crippen LogP contribution is -2.37. The molecule has 24 heavy (non-hydrogen) atoms. The van der Waals surface area contributed by atoms with Crippen LogP contribution in [-0.2, 0) is 9.84 Å². The SMILES string of the molecule is Cc1ccc(C)n1-c1ccc(C(=O)N(C)C2CCS(=O)(=O)C2)cc1. The molecule has 0 saturated carbocycles. The summed E-state index contributed by atoms with van der Waals surface area (Å²) in [5.74, 6) is 0.0970. The predicted octanol–water partition coefficient (Wildman–Crippen LogP) is 2.35. The topological polar surface area (TPSA) is 59.4 Å². The molecule has 1 amide bonds. The zero-order valence-corrected chi connectivity index (χ0v) is 15.0. The molecule has 1 unspecified atom stereocenters. The van der Waals surface area contributed by atoms with Gasteiger partial charge < -0.3 is 9.47 Å². The molecular weight excluding hydrogens is 324 g/mol. The third kappa shape index (κ3) is 3.11. The fraction of sp³-hybridized carbons (Fsp3) is 0.389. The van der Waals surface area contributed by atoms with Gasteiger partial charge in [0.15, 0.2) is 9.84 Å². The minimum atomic E-state index is -3.00. The van der Waals surface area contributed by atoms with Crippen molar-refractivity contribution in [2.24, 2.45) is 0 Å². The van der Waals surface area contributed by atoms with Gasteiger partial charge in [0.1, 0.15) is 0 Å². The minimum absolute atomic E-state index is 0.0646. The molecule has 6 heteroatoms. The summed E-state index contributed by atoms with van der Waals surface area (Å²) >= 11 is 0. The molecular formula is C18H22N2O3S. The van der Waals surface area contributed by atoms with E-state index in [0.717, 1.165) is 17.1 Å². The lowest BCUT2D eigenvalue weighted by molar-refractivity contribution is 0.0747. The Bertz CT molecular complexity index is 847. The van der Waals surface area contributed by atoms with E-state index in [4.69, 9.17) is 0 Å². The first-order chi connectivity index (χ1) is 11.3. The van der Waals surface area contributed by atoms with Gasteiger partial charge in [0.25, 0.3) is 5.91 Å². The predicted molar refractivity (Wildman–Crippen MR) is 94.4 cm³/mol. The van der Waals surface area contributed by atoms with E-state index in [0.29, 0.717) is 12.0 Å². The van der Waals surface area contributed by atoms with Gasteiger partial charge in [-0.2, -0.15) is 0 Å². The monoisotopic (exact) mass is 346 g/mol. The van der Waals surface area contributed by atoms with Crippen molar-refractivity contribution in [1.29, 1.82) is 0 Å².